The molecule has 29 heavy (non-hydrogen) atoms. The Morgan fingerprint density at radius 2 is 2.07 bits per heavy atom. The van der Waals surface area contributed by atoms with Crippen LogP contribution in [0.5, 0.6) is 5.75 Å². The third-order valence-electron chi connectivity index (χ3n) is 6.29. The highest BCUT2D eigenvalue weighted by Crippen LogP contribution is 2.49. The fourth-order valence-electron chi connectivity index (χ4n) is 4.77. The molecule has 7 nitrogen and oxygen atoms in total. The van der Waals surface area contributed by atoms with E-state index < -0.39 is 17.4 Å². The van der Waals surface area contributed by atoms with E-state index in [0.717, 1.165) is 18.4 Å². The van der Waals surface area contributed by atoms with E-state index in [0.29, 0.717) is 24.4 Å². The van der Waals surface area contributed by atoms with Gasteiger partial charge in [-0.15, -0.1) is 0 Å². The molecule has 1 aromatic carbocycles. The number of ether oxygens (including phenoxy) is 1. The zero-order valence-electron chi connectivity index (χ0n) is 16.4. The number of nitrogens with zero attached hydrogens (tertiary/aromatic N) is 2. The molecule has 1 unspecified atom stereocenters. The van der Waals surface area contributed by atoms with E-state index in [1.165, 1.54) is 0 Å². The number of benzene rings is 1. The minimum absolute atomic E-state index is 0.0188. The Kier molecular flexibility index (Phi) is 5.13. The van der Waals surface area contributed by atoms with Gasteiger partial charge in [0.2, 0.25) is 0 Å². The van der Waals surface area contributed by atoms with Gasteiger partial charge in [0.1, 0.15) is 11.8 Å². The maximum absolute atomic E-state index is 13.2. The lowest BCUT2D eigenvalue weighted by atomic mass is 9.81. The topological polar surface area (TPSA) is 91.8 Å². The van der Waals surface area contributed by atoms with Crippen LogP contribution in [-0.2, 0) is 4.79 Å². The van der Waals surface area contributed by atoms with Crippen LogP contribution in [0.3, 0.4) is 0 Å². The van der Waals surface area contributed by atoms with Gasteiger partial charge >= 0.3 is 12.0 Å². The zero-order chi connectivity index (χ0) is 20.4. The summed E-state index contributed by atoms with van der Waals surface area (Å²) >= 11 is 0. The molecule has 1 saturated heterocycles. The van der Waals surface area contributed by atoms with Crippen molar-refractivity contribution in [1.82, 2.24) is 15.2 Å². The smallest absolute Gasteiger partial charge is 0.318 e. The van der Waals surface area contributed by atoms with Crippen molar-refractivity contribution in [2.45, 2.75) is 25.3 Å². The largest absolute Gasteiger partial charge is 0.496 e. The lowest BCUT2D eigenvalue weighted by Gasteiger charge is -2.26. The molecule has 2 aromatic rings. The summed E-state index contributed by atoms with van der Waals surface area (Å²) in [6.45, 7) is 0.721. The zero-order valence-corrected chi connectivity index (χ0v) is 16.4. The summed E-state index contributed by atoms with van der Waals surface area (Å²) in [5.41, 5.74) is 0.689. The molecule has 0 radical (unpaired) electrons. The fraction of sp³-hybridized carbons (Fsp3) is 0.409. The monoisotopic (exact) mass is 395 g/mol. The number of hydrogen-bond acceptors (Lipinski definition) is 4. The molecule has 1 aromatic heterocycles. The molecule has 1 saturated carbocycles. The number of likely N-dealkylation sites (tertiary alicyclic amines) is 1. The highest BCUT2D eigenvalue weighted by Gasteiger charge is 2.56. The first-order valence-electron chi connectivity index (χ1n) is 9.88. The Morgan fingerprint density at radius 1 is 1.28 bits per heavy atom. The van der Waals surface area contributed by atoms with Crippen LogP contribution in [0.1, 0.15) is 36.6 Å². The molecule has 3 atom stereocenters. The third kappa shape index (κ3) is 3.41. The molecule has 2 N–H and O–H groups in total. The van der Waals surface area contributed by atoms with Crippen LogP contribution in [0.15, 0.2) is 48.7 Å². The van der Waals surface area contributed by atoms with Gasteiger partial charge in [-0.2, -0.15) is 0 Å². The SMILES string of the molecule is COc1ccccc1C(NC(=O)N1C[C@@H]2CCC[C@@]2(C(=O)O)C1)c1ccccn1. The van der Waals surface area contributed by atoms with Crippen molar-refractivity contribution in [3.63, 3.8) is 0 Å². The van der Waals surface area contributed by atoms with E-state index in [1.54, 1.807) is 18.2 Å². The number of carbonyl (C=O) groups is 2. The van der Waals surface area contributed by atoms with E-state index in [2.05, 4.69) is 10.3 Å². The first-order chi connectivity index (χ1) is 14.0. The van der Waals surface area contributed by atoms with Crippen LogP contribution in [0.4, 0.5) is 4.79 Å². The van der Waals surface area contributed by atoms with Crippen LogP contribution >= 0.6 is 0 Å². The van der Waals surface area contributed by atoms with Gasteiger partial charge in [0.15, 0.2) is 0 Å². The molecule has 1 aliphatic heterocycles. The Bertz CT molecular complexity index is 904. The number of fused-ring (bicyclic) bond motifs is 1. The van der Waals surface area contributed by atoms with E-state index in [9.17, 15) is 14.7 Å². The molecule has 2 fully saturated rings. The Hall–Kier alpha value is -3.09. The molecule has 152 valence electrons. The maximum atomic E-state index is 13.2. The van der Waals surface area contributed by atoms with Crippen LogP contribution in [0.2, 0.25) is 0 Å². The molecule has 4 rings (SSSR count). The second-order valence-electron chi connectivity index (χ2n) is 7.81. The van der Waals surface area contributed by atoms with E-state index in [1.807, 2.05) is 42.5 Å². The van der Waals surface area contributed by atoms with Crippen LogP contribution in [0, 0.1) is 11.3 Å². The molecular weight excluding hydrogens is 370 g/mol. The number of amides is 2. The first kappa shape index (κ1) is 19.2. The number of carbonyl (C=O) groups excluding carboxylic acids is 1. The average molecular weight is 395 g/mol. The Morgan fingerprint density at radius 3 is 2.76 bits per heavy atom. The molecule has 0 bridgehead atoms. The van der Waals surface area contributed by atoms with Crippen LogP contribution in [0.25, 0.3) is 0 Å². The molecule has 2 heterocycles. The molecular formula is C22H25N3O4. The molecule has 0 spiro atoms. The number of pyridine rings is 1. The molecule has 1 aliphatic carbocycles. The molecule has 2 amide bonds. The van der Waals surface area contributed by atoms with Gasteiger partial charge < -0.3 is 20.1 Å². The number of carboxylic acids is 1. The number of rotatable bonds is 5. The van der Waals surface area contributed by atoms with Crippen molar-refractivity contribution in [2.75, 3.05) is 20.2 Å². The summed E-state index contributed by atoms with van der Waals surface area (Å²) in [6, 6.07) is 12.3. The predicted octanol–water partition coefficient (Wildman–Crippen LogP) is 3.08. The summed E-state index contributed by atoms with van der Waals surface area (Å²) in [4.78, 5) is 31.2. The molecule has 7 heteroatoms. The van der Waals surface area contributed by atoms with E-state index in [-0.39, 0.29) is 18.5 Å². The average Bonchev–Trinajstić information content (AvgIpc) is 3.31. The number of nitrogens with one attached hydrogen (secondary N) is 1. The van der Waals surface area contributed by atoms with Gasteiger partial charge in [-0.25, -0.2) is 4.79 Å². The van der Waals surface area contributed by atoms with Crippen molar-refractivity contribution in [2.24, 2.45) is 11.3 Å². The number of para-hydroxylation sites is 1. The van der Waals surface area contributed by atoms with Crippen molar-refractivity contribution in [3.8, 4) is 5.75 Å². The minimum atomic E-state index is -0.803. The number of aromatic nitrogens is 1. The van der Waals surface area contributed by atoms with Gasteiger partial charge in [0.25, 0.3) is 0 Å². The van der Waals surface area contributed by atoms with Crippen molar-refractivity contribution in [1.29, 1.82) is 0 Å². The van der Waals surface area contributed by atoms with Gasteiger partial charge in [0, 0.05) is 24.8 Å². The number of urea groups is 1. The summed E-state index contributed by atoms with van der Waals surface area (Å²) in [5.74, 6) is -0.115. The van der Waals surface area contributed by atoms with Crippen molar-refractivity contribution in [3.05, 3.63) is 59.9 Å². The maximum Gasteiger partial charge on any atom is 0.318 e. The van der Waals surface area contributed by atoms with Crippen molar-refractivity contribution >= 4 is 12.0 Å². The van der Waals surface area contributed by atoms with E-state index >= 15 is 0 Å². The number of methoxy groups -OCH3 is 1. The van der Waals surface area contributed by atoms with Gasteiger partial charge in [-0.05, 0) is 37.0 Å². The summed E-state index contributed by atoms with van der Waals surface area (Å²) < 4.78 is 5.49. The normalized spacial score (nSPS) is 24.0. The van der Waals surface area contributed by atoms with E-state index in [4.69, 9.17) is 4.74 Å². The van der Waals surface area contributed by atoms with Crippen LogP contribution in [-0.4, -0.2) is 47.2 Å². The predicted molar refractivity (Wildman–Crippen MR) is 107 cm³/mol. The summed E-state index contributed by atoms with van der Waals surface area (Å²) in [5, 5.41) is 12.9. The van der Waals surface area contributed by atoms with Crippen LogP contribution < -0.4 is 10.1 Å². The van der Waals surface area contributed by atoms with Gasteiger partial charge in [-0.3, -0.25) is 9.78 Å². The highest BCUT2D eigenvalue weighted by molar-refractivity contribution is 5.81. The second kappa shape index (κ2) is 7.73. The van der Waals surface area contributed by atoms with Crippen molar-refractivity contribution < 1.29 is 19.4 Å². The minimum Gasteiger partial charge on any atom is -0.496 e. The molecule has 2 aliphatic rings. The first-order valence-corrected chi connectivity index (χ1v) is 9.88. The Balaban J connectivity index is 1.60. The van der Waals surface area contributed by atoms with Gasteiger partial charge in [-0.1, -0.05) is 30.7 Å². The number of aliphatic carboxylic acids is 1. The number of carboxylic acid groups (broad SMARTS) is 1. The number of hydrogen-bond donors (Lipinski definition) is 2. The lowest BCUT2D eigenvalue weighted by Crippen LogP contribution is -2.43. The summed E-state index contributed by atoms with van der Waals surface area (Å²) in [6.07, 6.45) is 4.08. The quantitative estimate of drug-likeness (QED) is 0.812. The Labute approximate surface area is 169 Å². The third-order valence-corrected chi connectivity index (χ3v) is 6.29. The standard InChI is InChI=1S/C22H25N3O4/c1-29-18-10-3-2-8-16(18)19(17-9-4-5-12-23-17)24-21(28)25-13-15-7-6-11-22(15,14-25)20(26)27/h2-5,8-10,12,15,19H,6-7,11,13-14H2,1H3,(H,24,28)(H,26,27)/t15-,19?,22+/m0/s1. The summed E-state index contributed by atoms with van der Waals surface area (Å²) in [7, 11) is 1.59. The van der Waals surface area contributed by atoms with Gasteiger partial charge in [0.05, 0.1) is 18.2 Å². The fourth-order valence-corrected chi connectivity index (χ4v) is 4.77. The second-order valence-corrected chi connectivity index (χ2v) is 7.81. The highest BCUT2D eigenvalue weighted by atomic mass is 16.5. The lowest BCUT2D eigenvalue weighted by molar-refractivity contribution is -0.149.